The van der Waals surface area contributed by atoms with Crippen molar-refractivity contribution in [2.75, 3.05) is 6.61 Å². The van der Waals surface area contributed by atoms with Crippen LogP contribution in [0.2, 0.25) is 0 Å². The maximum Gasteiger partial charge on any atom is 0.422 e. The van der Waals surface area contributed by atoms with Crippen molar-refractivity contribution in [2.24, 2.45) is 0 Å². The number of carbonyl (C=O) groups excluding carboxylic acids is 1. The molecule has 0 spiro atoms. The van der Waals surface area contributed by atoms with Gasteiger partial charge in [0.2, 0.25) is 0 Å². The Morgan fingerprint density at radius 2 is 1.96 bits per heavy atom. The molecule has 1 N–H and O–H groups in total. The zero-order chi connectivity index (χ0) is 17.7. The van der Waals surface area contributed by atoms with Gasteiger partial charge in [-0.15, -0.1) is 0 Å². The summed E-state index contributed by atoms with van der Waals surface area (Å²) in [5.41, 5.74) is 2.23. The summed E-state index contributed by atoms with van der Waals surface area (Å²) in [6.45, 7) is 2.28. The molecule has 0 aliphatic carbocycles. The van der Waals surface area contributed by atoms with Crippen molar-refractivity contribution in [3.05, 3.63) is 53.1 Å². The molecule has 5 nitrogen and oxygen atoms in total. The van der Waals surface area contributed by atoms with Crippen LogP contribution in [0.4, 0.5) is 13.2 Å². The summed E-state index contributed by atoms with van der Waals surface area (Å²) in [4.78, 5) is 19.8. The highest BCUT2D eigenvalue weighted by Crippen LogP contribution is 2.22. The largest absolute Gasteiger partial charge is 0.484 e. The van der Waals surface area contributed by atoms with Crippen LogP contribution in [-0.2, 0) is 6.54 Å². The Kier molecular flexibility index (Phi) is 5.38. The molecule has 24 heavy (non-hydrogen) atoms. The van der Waals surface area contributed by atoms with E-state index in [1.165, 1.54) is 12.4 Å². The lowest BCUT2D eigenvalue weighted by atomic mass is 10.1. The van der Waals surface area contributed by atoms with E-state index in [0.29, 0.717) is 11.3 Å². The molecule has 0 atom stereocenters. The second-order valence-corrected chi connectivity index (χ2v) is 5.23. The highest BCUT2D eigenvalue weighted by Gasteiger charge is 2.28. The number of hydrogen-bond acceptors (Lipinski definition) is 4. The van der Waals surface area contributed by atoms with Crippen LogP contribution < -0.4 is 10.1 Å². The molecule has 1 heterocycles. The van der Waals surface area contributed by atoms with Gasteiger partial charge in [-0.05, 0) is 37.1 Å². The number of nitrogens with zero attached hydrogens (tertiary/aromatic N) is 2. The predicted molar refractivity (Wildman–Crippen MR) is 80.7 cm³/mol. The Bertz CT molecular complexity index is 733. The molecule has 1 aromatic heterocycles. The van der Waals surface area contributed by atoms with Crippen LogP contribution in [0.15, 0.2) is 30.6 Å². The molecule has 0 unspecified atom stereocenters. The number of rotatable bonds is 5. The number of amides is 1. The highest BCUT2D eigenvalue weighted by atomic mass is 19.4. The number of hydrogen-bond donors (Lipinski definition) is 1. The van der Waals surface area contributed by atoms with Gasteiger partial charge in [-0.1, -0.05) is 12.1 Å². The molecule has 1 aromatic carbocycles. The Morgan fingerprint density at radius 1 is 1.21 bits per heavy atom. The predicted octanol–water partition coefficient (Wildman–Crippen LogP) is 2.96. The molecular formula is C16H16F3N3O2. The lowest BCUT2D eigenvalue weighted by Gasteiger charge is -2.12. The van der Waals surface area contributed by atoms with Gasteiger partial charge in [0.25, 0.3) is 5.91 Å². The number of aromatic nitrogens is 2. The third kappa shape index (κ3) is 5.22. The SMILES string of the molecule is Cc1cc(C(=O)NCc2ccc(OCC(F)(F)F)c(C)c2)ncn1. The summed E-state index contributed by atoms with van der Waals surface area (Å²) in [6, 6.07) is 6.29. The van der Waals surface area contributed by atoms with Crippen LogP contribution in [0.1, 0.15) is 27.3 Å². The molecule has 128 valence electrons. The molecule has 2 aromatic rings. The van der Waals surface area contributed by atoms with Crippen molar-refractivity contribution >= 4 is 5.91 Å². The first kappa shape index (κ1) is 17.7. The number of carbonyl (C=O) groups is 1. The van der Waals surface area contributed by atoms with Gasteiger partial charge in [-0.2, -0.15) is 13.2 Å². The number of benzene rings is 1. The van der Waals surface area contributed by atoms with Gasteiger partial charge in [0.1, 0.15) is 17.8 Å². The zero-order valence-corrected chi connectivity index (χ0v) is 13.1. The van der Waals surface area contributed by atoms with Crippen molar-refractivity contribution in [3.8, 4) is 5.75 Å². The monoisotopic (exact) mass is 339 g/mol. The molecule has 1 amide bonds. The number of ether oxygens (including phenoxy) is 1. The van der Waals surface area contributed by atoms with Crippen molar-refractivity contribution in [1.29, 1.82) is 0 Å². The van der Waals surface area contributed by atoms with E-state index in [1.54, 1.807) is 32.0 Å². The zero-order valence-electron chi connectivity index (χ0n) is 13.1. The van der Waals surface area contributed by atoms with E-state index in [2.05, 4.69) is 15.3 Å². The minimum Gasteiger partial charge on any atom is -0.484 e. The Balaban J connectivity index is 1.96. The van der Waals surface area contributed by atoms with Gasteiger partial charge in [0, 0.05) is 12.2 Å². The standard InChI is InChI=1S/C16H16F3N3O2/c1-10-5-12(3-4-14(10)24-8-16(17,18)19)7-20-15(23)13-6-11(2)21-9-22-13/h3-6,9H,7-8H2,1-2H3,(H,20,23). The van der Waals surface area contributed by atoms with Gasteiger partial charge < -0.3 is 10.1 Å². The molecule has 0 aliphatic rings. The van der Waals surface area contributed by atoms with E-state index < -0.39 is 12.8 Å². The van der Waals surface area contributed by atoms with Crippen molar-refractivity contribution in [3.63, 3.8) is 0 Å². The van der Waals surface area contributed by atoms with Gasteiger partial charge in [0.15, 0.2) is 6.61 Å². The first-order chi connectivity index (χ1) is 11.2. The molecule has 0 bridgehead atoms. The summed E-state index contributed by atoms with van der Waals surface area (Å²) in [5.74, 6) is -0.190. The maximum absolute atomic E-state index is 12.2. The fraction of sp³-hybridized carbons (Fsp3) is 0.312. The summed E-state index contributed by atoms with van der Waals surface area (Å²) >= 11 is 0. The number of halogens is 3. The Hall–Kier alpha value is -2.64. The lowest BCUT2D eigenvalue weighted by Crippen LogP contribution is -2.24. The topological polar surface area (TPSA) is 64.1 Å². The van der Waals surface area contributed by atoms with Crippen molar-refractivity contribution in [2.45, 2.75) is 26.6 Å². The summed E-state index contributed by atoms with van der Waals surface area (Å²) < 4.78 is 41.2. The minimum absolute atomic E-state index is 0.161. The molecule has 8 heteroatoms. The van der Waals surface area contributed by atoms with Crippen molar-refractivity contribution in [1.82, 2.24) is 15.3 Å². The summed E-state index contributed by atoms with van der Waals surface area (Å²) in [6.07, 6.45) is -3.07. The number of alkyl halides is 3. The molecule has 0 saturated heterocycles. The van der Waals surface area contributed by atoms with Crippen LogP contribution in [-0.4, -0.2) is 28.7 Å². The fourth-order valence-corrected chi connectivity index (χ4v) is 1.99. The average Bonchev–Trinajstić information content (AvgIpc) is 2.50. The minimum atomic E-state index is -4.38. The third-order valence-electron chi connectivity index (χ3n) is 3.12. The van der Waals surface area contributed by atoms with Gasteiger partial charge in [-0.3, -0.25) is 4.79 Å². The number of aryl methyl sites for hydroxylation is 2. The molecule has 0 aliphatic heterocycles. The molecule has 0 saturated carbocycles. The van der Waals surface area contributed by atoms with Gasteiger partial charge >= 0.3 is 6.18 Å². The van der Waals surface area contributed by atoms with Crippen LogP contribution in [0.25, 0.3) is 0 Å². The van der Waals surface area contributed by atoms with E-state index >= 15 is 0 Å². The molecule has 2 rings (SSSR count). The third-order valence-corrected chi connectivity index (χ3v) is 3.12. The first-order valence-electron chi connectivity index (χ1n) is 7.10. The quantitative estimate of drug-likeness (QED) is 0.910. The van der Waals surface area contributed by atoms with Crippen LogP contribution in [0, 0.1) is 13.8 Å². The van der Waals surface area contributed by atoms with Crippen LogP contribution >= 0.6 is 0 Å². The van der Waals surface area contributed by atoms with Crippen molar-refractivity contribution < 1.29 is 22.7 Å². The smallest absolute Gasteiger partial charge is 0.422 e. The van der Waals surface area contributed by atoms with E-state index in [-0.39, 0.29) is 23.9 Å². The number of nitrogens with one attached hydrogen (secondary N) is 1. The molecular weight excluding hydrogens is 323 g/mol. The Labute approximate surface area is 136 Å². The lowest BCUT2D eigenvalue weighted by molar-refractivity contribution is -0.153. The van der Waals surface area contributed by atoms with E-state index in [0.717, 1.165) is 5.56 Å². The molecule has 0 radical (unpaired) electrons. The average molecular weight is 339 g/mol. The van der Waals surface area contributed by atoms with E-state index in [1.807, 2.05) is 0 Å². The summed E-state index contributed by atoms with van der Waals surface area (Å²) in [5, 5.41) is 2.70. The van der Waals surface area contributed by atoms with Gasteiger partial charge in [-0.25, -0.2) is 9.97 Å². The van der Waals surface area contributed by atoms with E-state index in [4.69, 9.17) is 4.74 Å². The molecule has 0 fully saturated rings. The Morgan fingerprint density at radius 3 is 2.58 bits per heavy atom. The van der Waals surface area contributed by atoms with Crippen LogP contribution in [0.5, 0.6) is 5.75 Å². The summed E-state index contributed by atoms with van der Waals surface area (Å²) in [7, 11) is 0. The second-order valence-electron chi connectivity index (χ2n) is 5.23. The normalized spacial score (nSPS) is 11.2. The first-order valence-corrected chi connectivity index (χ1v) is 7.10. The fourth-order valence-electron chi connectivity index (χ4n) is 1.99. The van der Waals surface area contributed by atoms with E-state index in [9.17, 15) is 18.0 Å². The van der Waals surface area contributed by atoms with Gasteiger partial charge in [0.05, 0.1) is 0 Å². The maximum atomic E-state index is 12.2. The van der Waals surface area contributed by atoms with Crippen LogP contribution in [0.3, 0.4) is 0 Å². The highest BCUT2D eigenvalue weighted by molar-refractivity contribution is 5.92. The second kappa shape index (κ2) is 7.29.